The van der Waals surface area contributed by atoms with E-state index in [-0.39, 0.29) is 5.56 Å². The summed E-state index contributed by atoms with van der Waals surface area (Å²) < 4.78 is 18.4. The lowest BCUT2D eigenvalue weighted by atomic mass is 10.2. The molecule has 0 unspecified atom stereocenters. The fraction of sp³-hybridized carbons (Fsp3) is 0.462. The molecule has 0 bridgehead atoms. The highest BCUT2D eigenvalue weighted by Crippen LogP contribution is 2.13. The highest BCUT2D eigenvalue weighted by molar-refractivity contribution is 5.49. The number of nitriles is 1. The average molecular weight is 249 g/mol. The topological polar surface area (TPSA) is 48.3 Å². The zero-order chi connectivity index (χ0) is 12.8. The molecule has 1 saturated heterocycles. The smallest absolute Gasteiger partial charge is 0.141 e. The third-order valence-electron chi connectivity index (χ3n) is 2.95. The Balaban J connectivity index is 1.81. The highest BCUT2D eigenvalue weighted by Gasteiger charge is 2.09. The van der Waals surface area contributed by atoms with Crippen molar-refractivity contribution in [1.29, 1.82) is 5.26 Å². The van der Waals surface area contributed by atoms with E-state index in [0.717, 1.165) is 45.1 Å². The quantitative estimate of drug-likeness (QED) is 0.877. The summed E-state index contributed by atoms with van der Waals surface area (Å²) >= 11 is 0. The molecule has 2 rings (SSSR count). The molecule has 0 atom stereocenters. The minimum absolute atomic E-state index is 0.0753. The maximum absolute atomic E-state index is 13.1. The molecule has 0 spiro atoms. The van der Waals surface area contributed by atoms with Crippen LogP contribution in [-0.2, 0) is 4.74 Å². The van der Waals surface area contributed by atoms with Gasteiger partial charge in [0.2, 0.25) is 0 Å². The number of hydrogen-bond donors (Lipinski definition) is 1. The molecule has 5 heteroatoms. The minimum atomic E-state index is -0.476. The summed E-state index contributed by atoms with van der Waals surface area (Å²) in [7, 11) is 0. The van der Waals surface area contributed by atoms with Crippen LogP contribution in [0.1, 0.15) is 5.56 Å². The van der Waals surface area contributed by atoms with Crippen molar-refractivity contribution in [3.8, 4) is 6.07 Å². The summed E-state index contributed by atoms with van der Waals surface area (Å²) in [5.41, 5.74) is 0.854. The van der Waals surface area contributed by atoms with E-state index in [1.807, 2.05) is 6.07 Å². The molecule has 1 aliphatic rings. The van der Waals surface area contributed by atoms with E-state index < -0.39 is 5.82 Å². The second kappa shape index (κ2) is 6.34. The van der Waals surface area contributed by atoms with Crippen molar-refractivity contribution in [3.05, 3.63) is 29.6 Å². The Labute approximate surface area is 106 Å². The van der Waals surface area contributed by atoms with Crippen molar-refractivity contribution in [1.82, 2.24) is 4.90 Å². The number of hydrogen-bond acceptors (Lipinski definition) is 4. The van der Waals surface area contributed by atoms with Gasteiger partial charge in [0.25, 0.3) is 0 Å². The molecule has 1 aromatic carbocycles. The van der Waals surface area contributed by atoms with Gasteiger partial charge in [0.1, 0.15) is 11.9 Å². The average Bonchev–Trinajstić information content (AvgIpc) is 2.42. The van der Waals surface area contributed by atoms with E-state index in [1.165, 1.54) is 12.1 Å². The summed E-state index contributed by atoms with van der Waals surface area (Å²) in [6, 6.07) is 6.33. The lowest BCUT2D eigenvalue weighted by Crippen LogP contribution is -2.39. The van der Waals surface area contributed by atoms with Crippen molar-refractivity contribution in [3.63, 3.8) is 0 Å². The Morgan fingerprint density at radius 2 is 2.17 bits per heavy atom. The number of ether oxygens (including phenoxy) is 1. The first-order valence-corrected chi connectivity index (χ1v) is 6.03. The van der Waals surface area contributed by atoms with E-state index in [2.05, 4.69) is 10.2 Å². The van der Waals surface area contributed by atoms with Crippen LogP contribution in [0, 0.1) is 17.1 Å². The van der Waals surface area contributed by atoms with Crippen LogP contribution in [0.4, 0.5) is 10.1 Å². The van der Waals surface area contributed by atoms with E-state index in [0.29, 0.717) is 0 Å². The summed E-state index contributed by atoms with van der Waals surface area (Å²) in [6.07, 6.45) is 0. The maximum Gasteiger partial charge on any atom is 0.141 e. The summed E-state index contributed by atoms with van der Waals surface area (Å²) in [5, 5.41) is 11.9. The number of rotatable bonds is 4. The lowest BCUT2D eigenvalue weighted by molar-refractivity contribution is 0.0398. The van der Waals surface area contributed by atoms with Gasteiger partial charge in [0.15, 0.2) is 0 Å². The predicted octanol–water partition coefficient (Wildman–Crippen LogP) is 1.44. The van der Waals surface area contributed by atoms with Crippen LogP contribution in [0.2, 0.25) is 0 Å². The van der Waals surface area contributed by atoms with E-state index in [9.17, 15) is 4.39 Å². The van der Waals surface area contributed by atoms with Gasteiger partial charge >= 0.3 is 0 Å². The van der Waals surface area contributed by atoms with Gasteiger partial charge in [0, 0.05) is 31.9 Å². The van der Waals surface area contributed by atoms with Crippen LogP contribution in [0.3, 0.4) is 0 Å². The molecule has 1 fully saturated rings. The molecule has 1 aromatic rings. The lowest BCUT2D eigenvalue weighted by Gasteiger charge is -2.26. The molecular formula is C13H16FN3O. The highest BCUT2D eigenvalue weighted by atomic mass is 19.1. The summed E-state index contributed by atoms with van der Waals surface area (Å²) in [6.45, 7) is 5.17. The predicted molar refractivity (Wildman–Crippen MR) is 66.9 cm³/mol. The zero-order valence-electron chi connectivity index (χ0n) is 10.2. The number of anilines is 1. The standard InChI is InChI=1S/C13H16FN3O/c14-13-2-1-12(9-11(13)10-15)16-3-4-17-5-7-18-8-6-17/h1-2,9,16H,3-8H2. The molecular weight excluding hydrogens is 233 g/mol. The molecule has 4 nitrogen and oxygen atoms in total. The number of nitrogens with one attached hydrogen (secondary N) is 1. The Kier molecular flexibility index (Phi) is 4.51. The minimum Gasteiger partial charge on any atom is -0.384 e. The van der Waals surface area contributed by atoms with E-state index in [4.69, 9.17) is 10.00 Å². The Hall–Kier alpha value is -1.64. The largest absolute Gasteiger partial charge is 0.384 e. The number of nitrogens with zero attached hydrogens (tertiary/aromatic N) is 2. The van der Waals surface area contributed by atoms with Crippen LogP contribution in [-0.4, -0.2) is 44.3 Å². The molecule has 1 N–H and O–H groups in total. The van der Waals surface area contributed by atoms with Gasteiger partial charge in [-0.15, -0.1) is 0 Å². The first-order valence-electron chi connectivity index (χ1n) is 6.03. The van der Waals surface area contributed by atoms with Gasteiger partial charge in [-0.1, -0.05) is 0 Å². The van der Waals surface area contributed by atoms with Crippen molar-refractivity contribution in [2.75, 3.05) is 44.7 Å². The van der Waals surface area contributed by atoms with Crippen molar-refractivity contribution < 1.29 is 9.13 Å². The summed E-state index contributed by atoms with van der Waals surface area (Å²) in [5.74, 6) is -0.476. The molecule has 1 aliphatic heterocycles. The molecule has 0 amide bonds. The second-order valence-corrected chi connectivity index (χ2v) is 4.19. The Bertz CT molecular complexity index is 438. The van der Waals surface area contributed by atoms with Gasteiger partial charge in [-0.3, -0.25) is 4.90 Å². The molecule has 0 radical (unpaired) electrons. The maximum atomic E-state index is 13.1. The molecule has 1 heterocycles. The molecule has 0 saturated carbocycles. The monoisotopic (exact) mass is 249 g/mol. The third-order valence-corrected chi connectivity index (χ3v) is 2.95. The molecule has 96 valence electrons. The van der Waals surface area contributed by atoms with Gasteiger partial charge in [-0.25, -0.2) is 4.39 Å². The van der Waals surface area contributed by atoms with Crippen LogP contribution in [0.5, 0.6) is 0 Å². The van der Waals surface area contributed by atoms with E-state index >= 15 is 0 Å². The molecule has 18 heavy (non-hydrogen) atoms. The number of morpholine rings is 1. The van der Waals surface area contributed by atoms with Crippen molar-refractivity contribution in [2.45, 2.75) is 0 Å². The Morgan fingerprint density at radius 3 is 2.89 bits per heavy atom. The van der Waals surface area contributed by atoms with Crippen LogP contribution in [0.25, 0.3) is 0 Å². The first-order chi connectivity index (χ1) is 8.79. The second-order valence-electron chi connectivity index (χ2n) is 4.19. The van der Waals surface area contributed by atoms with Crippen LogP contribution >= 0.6 is 0 Å². The SMILES string of the molecule is N#Cc1cc(NCCN2CCOCC2)ccc1F. The number of halogens is 1. The normalized spacial score (nSPS) is 16.2. The number of benzene rings is 1. The fourth-order valence-electron chi connectivity index (χ4n) is 1.90. The first kappa shape index (κ1) is 12.8. The van der Waals surface area contributed by atoms with Crippen LogP contribution < -0.4 is 5.32 Å². The van der Waals surface area contributed by atoms with Crippen LogP contribution in [0.15, 0.2) is 18.2 Å². The third kappa shape index (κ3) is 3.42. The van der Waals surface area contributed by atoms with Gasteiger partial charge in [-0.2, -0.15) is 5.26 Å². The van der Waals surface area contributed by atoms with Gasteiger partial charge in [0.05, 0.1) is 18.8 Å². The zero-order valence-corrected chi connectivity index (χ0v) is 10.2. The van der Waals surface area contributed by atoms with Gasteiger partial charge < -0.3 is 10.1 Å². The van der Waals surface area contributed by atoms with E-state index in [1.54, 1.807) is 6.07 Å². The fourth-order valence-corrected chi connectivity index (χ4v) is 1.90. The van der Waals surface area contributed by atoms with Crippen molar-refractivity contribution >= 4 is 5.69 Å². The molecule has 0 aromatic heterocycles. The summed E-state index contributed by atoms with van der Waals surface area (Å²) in [4.78, 5) is 2.31. The molecule has 0 aliphatic carbocycles. The Morgan fingerprint density at radius 1 is 1.39 bits per heavy atom. The van der Waals surface area contributed by atoms with Gasteiger partial charge in [-0.05, 0) is 18.2 Å². The van der Waals surface area contributed by atoms with Crippen molar-refractivity contribution in [2.24, 2.45) is 0 Å².